The second-order valence-electron chi connectivity index (χ2n) is 4.60. The summed E-state index contributed by atoms with van der Waals surface area (Å²) in [5.41, 5.74) is 1.36. The minimum atomic E-state index is -0.517. The summed E-state index contributed by atoms with van der Waals surface area (Å²) < 4.78 is 4.62. The molecule has 2 N–H and O–H groups in total. The van der Waals surface area contributed by atoms with Crippen LogP contribution in [0.4, 0.5) is 5.69 Å². The van der Waals surface area contributed by atoms with Crippen molar-refractivity contribution in [2.75, 3.05) is 12.4 Å². The molecule has 0 aliphatic carbocycles. The molecule has 0 radical (unpaired) electrons. The number of benzene rings is 2. The van der Waals surface area contributed by atoms with Gasteiger partial charge in [-0.2, -0.15) is 0 Å². The monoisotopic (exact) mass is 331 g/mol. The second-order valence-corrected chi connectivity index (χ2v) is 5.01. The van der Waals surface area contributed by atoms with Crippen molar-refractivity contribution in [3.8, 4) is 5.75 Å². The molecule has 5 nitrogen and oxygen atoms in total. The van der Waals surface area contributed by atoms with E-state index in [1.165, 1.54) is 43.5 Å². The molecule has 118 valence electrons. The Morgan fingerprint density at radius 3 is 2.52 bits per heavy atom. The average Bonchev–Trinajstić information content (AvgIpc) is 2.55. The van der Waals surface area contributed by atoms with Crippen molar-refractivity contribution >= 4 is 35.2 Å². The number of methoxy groups -OCH3 is 1. The van der Waals surface area contributed by atoms with Crippen molar-refractivity contribution in [3.63, 3.8) is 0 Å². The molecule has 0 spiro atoms. The van der Waals surface area contributed by atoms with Gasteiger partial charge >= 0.3 is 5.97 Å². The zero-order valence-electron chi connectivity index (χ0n) is 12.2. The molecular weight excluding hydrogens is 318 g/mol. The minimum absolute atomic E-state index is 0.151. The average molecular weight is 332 g/mol. The van der Waals surface area contributed by atoms with Crippen LogP contribution in [-0.4, -0.2) is 24.1 Å². The van der Waals surface area contributed by atoms with Crippen LogP contribution in [0.1, 0.15) is 15.9 Å². The first-order chi connectivity index (χ1) is 11.0. The lowest BCUT2D eigenvalue weighted by atomic mass is 10.2. The number of nitrogens with one attached hydrogen (secondary N) is 1. The molecule has 0 fully saturated rings. The number of carbonyl (C=O) groups is 2. The van der Waals surface area contributed by atoms with E-state index in [1.54, 1.807) is 18.2 Å². The van der Waals surface area contributed by atoms with Gasteiger partial charge in [0.05, 0.1) is 23.4 Å². The van der Waals surface area contributed by atoms with Crippen molar-refractivity contribution in [1.82, 2.24) is 0 Å². The van der Waals surface area contributed by atoms with Gasteiger partial charge in [-0.25, -0.2) is 4.79 Å². The molecule has 2 aromatic carbocycles. The summed E-state index contributed by atoms with van der Waals surface area (Å²) in [5, 5.41) is 12.1. The number of ether oxygens (including phenoxy) is 1. The van der Waals surface area contributed by atoms with Gasteiger partial charge in [-0.3, -0.25) is 4.79 Å². The molecule has 0 heterocycles. The summed E-state index contributed by atoms with van der Waals surface area (Å²) >= 11 is 6.00. The van der Waals surface area contributed by atoms with Crippen molar-refractivity contribution < 1.29 is 19.4 Å². The van der Waals surface area contributed by atoms with Gasteiger partial charge in [0.25, 0.3) is 0 Å². The normalized spacial score (nSPS) is 10.5. The second kappa shape index (κ2) is 7.47. The summed E-state index contributed by atoms with van der Waals surface area (Å²) in [4.78, 5) is 23.4. The molecule has 23 heavy (non-hydrogen) atoms. The number of esters is 1. The van der Waals surface area contributed by atoms with E-state index < -0.39 is 11.9 Å². The molecule has 0 saturated heterocycles. The first-order valence-electron chi connectivity index (χ1n) is 6.65. The number of aromatic hydroxyl groups is 1. The fourth-order valence-corrected chi connectivity index (χ4v) is 1.96. The van der Waals surface area contributed by atoms with Crippen LogP contribution in [0, 0.1) is 0 Å². The highest BCUT2D eigenvalue weighted by Gasteiger charge is 2.10. The highest BCUT2D eigenvalue weighted by Crippen LogP contribution is 2.23. The van der Waals surface area contributed by atoms with Gasteiger partial charge in [-0.1, -0.05) is 23.7 Å². The van der Waals surface area contributed by atoms with Crippen LogP contribution in [0.2, 0.25) is 5.02 Å². The Bertz CT molecular complexity index is 754. The molecular formula is C17H14ClNO4. The van der Waals surface area contributed by atoms with Gasteiger partial charge in [0, 0.05) is 6.08 Å². The predicted molar refractivity (Wildman–Crippen MR) is 88.6 cm³/mol. The van der Waals surface area contributed by atoms with Crippen LogP contribution in [-0.2, 0) is 9.53 Å². The Hall–Kier alpha value is -2.79. The smallest absolute Gasteiger partial charge is 0.337 e. The molecule has 1 amide bonds. The SMILES string of the molecule is COC(=O)c1ccc(Cl)c(NC(=O)/C=C/c2ccc(O)cc2)c1. The maximum absolute atomic E-state index is 11.9. The Balaban J connectivity index is 2.10. The summed E-state index contributed by atoms with van der Waals surface area (Å²) in [6.07, 6.45) is 2.92. The van der Waals surface area contributed by atoms with E-state index in [0.717, 1.165) is 5.56 Å². The fourth-order valence-electron chi connectivity index (χ4n) is 1.80. The third kappa shape index (κ3) is 4.59. The lowest BCUT2D eigenvalue weighted by Crippen LogP contribution is -2.09. The summed E-state index contributed by atoms with van der Waals surface area (Å²) in [7, 11) is 1.27. The zero-order valence-corrected chi connectivity index (χ0v) is 13.0. The zero-order chi connectivity index (χ0) is 16.8. The molecule has 0 saturated carbocycles. The largest absolute Gasteiger partial charge is 0.508 e. The van der Waals surface area contributed by atoms with Gasteiger partial charge in [-0.05, 0) is 42.0 Å². The van der Waals surface area contributed by atoms with Crippen molar-refractivity contribution in [2.45, 2.75) is 0 Å². The predicted octanol–water partition coefficient (Wildman–Crippen LogP) is 3.48. The van der Waals surface area contributed by atoms with Crippen LogP contribution in [0.5, 0.6) is 5.75 Å². The number of phenols is 1. The maximum Gasteiger partial charge on any atom is 0.337 e. The summed E-state index contributed by atoms with van der Waals surface area (Å²) in [6.45, 7) is 0. The number of carbonyl (C=O) groups excluding carboxylic acids is 2. The molecule has 0 aliphatic rings. The Morgan fingerprint density at radius 2 is 1.87 bits per heavy atom. The summed E-state index contributed by atoms with van der Waals surface area (Å²) in [5.74, 6) is -0.767. The fraction of sp³-hybridized carbons (Fsp3) is 0.0588. The van der Waals surface area contributed by atoms with Crippen molar-refractivity contribution in [2.24, 2.45) is 0 Å². The number of hydrogen-bond donors (Lipinski definition) is 2. The molecule has 2 rings (SSSR count). The number of rotatable bonds is 4. The number of halogens is 1. The lowest BCUT2D eigenvalue weighted by Gasteiger charge is -2.07. The number of hydrogen-bond acceptors (Lipinski definition) is 4. The van der Waals surface area contributed by atoms with Gasteiger partial charge in [0.2, 0.25) is 5.91 Å². The molecule has 0 unspecified atom stereocenters. The quantitative estimate of drug-likeness (QED) is 0.664. The standard InChI is InChI=1S/C17H14ClNO4/c1-23-17(22)12-5-8-14(18)15(10-12)19-16(21)9-4-11-2-6-13(20)7-3-11/h2-10,20H,1H3,(H,19,21)/b9-4+. The van der Waals surface area contributed by atoms with E-state index in [0.29, 0.717) is 10.7 Å². The van der Waals surface area contributed by atoms with Gasteiger partial charge in [0.15, 0.2) is 0 Å². The number of amides is 1. The summed E-state index contributed by atoms with van der Waals surface area (Å²) in [6, 6.07) is 10.8. The molecule has 6 heteroatoms. The van der Waals surface area contributed by atoms with E-state index in [4.69, 9.17) is 11.6 Å². The minimum Gasteiger partial charge on any atom is -0.508 e. The van der Waals surface area contributed by atoms with Crippen LogP contribution >= 0.6 is 11.6 Å². The molecule has 0 aliphatic heterocycles. The van der Waals surface area contributed by atoms with Crippen molar-refractivity contribution in [3.05, 3.63) is 64.7 Å². The van der Waals surface area contributed by atoms with Crippen LogP contribution < -0.4 is 5.32 Å². The first kappa shape index (κ1) is 16.6. The van der Waals surface area contributed by atoms with E-state index >= 15 is 0 Å². The third-order valence-electron chi connectivity index (χ3n) is 2.97. The van der Waals surface area contributed by atoms with E-state index in [1.807, 2.05) is 0 Å². The maximum atomic E-state index is 11.9. The topological polar surface area (TPSA) is 75.6 Å². The van der Waals surface area contributed by atoms with Gasteiger partial charge in [-0.15, -0.1) is 0 Å². The van der Waals surface area contributed by atoms with Crippen LogP contribution in [0.15, 0.2) is 48.5 Å². The Morgan fingerprint density at radius 1 is 1.17 bits per heavy atom. The molecule has 0 atom stereocenters. The van der Waals surface area contributed by atoms with Gasteiger partial charge in [0.1, 0.15) is 5.75 Å². The first-order valence-corrected chi connectivity index (χ1v) is 7.03. The van der Waals surface area contributed by atoms with Crippen LogP contribution in [0.25, 0.3) is 6.08 Å². The highest BCUT2D eigenvalue weighted by molar-refractivity contribution is 6.34. The Kier molecular flexibility index (Phi) is 5.38. The van der Waals surface area contributed by atoms with Gasteiger partial charge < -0.3 is 15.2 Å². The number of anilines is 1. The third-order valence-corrected chi connectivity index (χ3v) is 3.30. The van der Waals surface area contributed by atoms with E-state index in [9.17, 15) is 14.7 Å². The van der Waals surface area contributed by atoms with Crippen LogP contribution in [0.3, 0.4) is 0 Å². The molecule has 2 aromatic rings. The number of phenolic OH excluding ortho intramolecular Hbond substituents is 1. The molecule has 0 bridgehead atoms. The lowest BCUT2D eigenvalue weighted by molar-refractivity contribution is -0.111. The Labute approximate surface area is 138 Å². The van der Waals surface area contributed by atoms with E-state index in [2.05, 4.69) is 10.1 Å². The van der Waals surface area contributed by atoms with E-state index in [-0.39, 0.29) is 11.3 Å². The molecule has 0 aromatic heterocycles. The van der Waals surface area contributed by atoms with Crippen molar-refractivity contribution in [1.29, 1.82) is 0 Å². The highest BCUT2D eigenvalue weighted by atomic mass is 35.5.